The summed E-state index contributed by atoms with van der Waals surface area (Å²) in [4.78, 5) is 0. The van der Waals surface area contributed by atoms with E-state index in [-0.39, 0.29) is 0 Å². The second-order valence-corrected chi connectivity index (χ2v) is 2.12. The summed E-state index contributed by atoms with van der Waals surface area (Å²) in [6.45, 7) is 0. The van der Waals surface area contributed by atoms with Crippen LogP contribution in [-0.2, 0) is 0 Å². The van der Waals surface area contributed by atoms with E-state index < -0.39 is 0 Å². The number of nitrogens with zero attached hydrogens (tertiary/aromatic N) is 2. The summed E-state index contributed by atoms with van der Waals surface area (Å²) in [7, 11) is 0. The monoisotopic (exact) mass is 130 g/mol. The molecule has 1 radical (unpaired) electrons. The van der Waals surface area contributed by atoms with Crippen LogP contribution in [0.5, 0.6) is 0 Å². The lowest BCUT2D eigenvalue weighted by Crippen LogP contribution is -1.99. The van der Waals surface area contributed by atoms with Crippen LogP contribution in [0, 0.1) is 0 Å². The van der Waals surface area contributed by atoms with Gasteiger partial charge >= 0.3 is 0 Å². The summed E-state index contributed by atoms with van der Waals surface area (Å²) < 4.78 is 0. The van der Waals surface area contributed by atoms with Crippen LogP contribution in [0.1, 0.15) is 11.1 Å². The van der Waals surface area contributed by atoms with E-state index in [0.29, 0.717) is 0 Å². The van der Waals surface area contributed by atoms with E-state index in [1.165, 1.54) is 0 Å². The fraction of sp³-hybridized carbons (Fsp3) is 0. The van der Waals surface area contributed by atoms with E-state index in [2.05, 4.69) is 10.2 Å². The van der Waals surface area contributed by atoms with Gasteiger partial charge in [-0.3, -0.25) is 0 Å². The molecular formula is C8H6N2+. The molecule has 2 rings (SSSR count). The van der Waals surface area contributed by atoms with Crippen LogP contribution in [0.15, 0.2) is 29.4 Å². The van der Waals surface area contributed by atoms with E-state index >= 15 is 0 Å². The maximum atomic E-state index is 3.76. The van der Waals surface area contributed by atoms with Gasteiger partial charge in [-0.05, 0) is 6.07 Å². The van der Waals surface area contributed by atoms with E-state index in [1.807, 2.05) is 24.3 Å². The standard InChI is InChI=1S/C8H6N2/c1-2-4-8-6-10-9-5-7(8)3-1/h1-6H/q+1. The number of rotatable bonds is 0. The minimum absolute atomic E-state index is 1.14. The van der Waals surface area contributed by atoms with Gasteiger partial charge in [0.1, 0.15) is 6.21 Å². The second kappa shape index (κ2) is 2.06. The molecule has 0 amide bonds. The lowest BCUT2D eigenvalue weighted by Gasteiger charge is -1.93. The van der Waals surface area contributed by atoms with Gasteiger partial charge in [-0.15, -0.1) is 0 Å². The number of fused-ring (bicyclic) bond motifs is 1. The van der Waals surface area contributed by atoms with Gasteiger partial charge in [-0.2, -0.15) is 0 Å². The van der Waals surface area contributed by atoms with Crippen molar-refractivity contribution >= 4 is 12.4 Å². The minimum Gasteiger partial charge on any atom is -0.0616 e. The van der Waals surface area contributed by atoms with Crippen LogP contribution in [0.2, 0.25) is 0 Å². The normalized spacial score (nSPS) is 13.2. The van der Waals surface area contributed by atoms with Crippen LogP contribution in [0.4, 0.5) is 0 Å². The molecule has 47 valence electrons. The third-order valence-corrected chi connectivity index (χ3v) is 1.46. The smallest absolute Gasteiger partial charge is 0.0616 e. The molecule has 0 saturated heterocycles. The van der Waals surface area contributed by atoms with Crippen molar-refractivity contribution in [2.45, 2.75) is 0 Å². The lowest BCUT2D eigenvalue weighted by atomic mass is 10.1. The Balaban J connectivity index is 2.65. The first-order valence-corrected chi connectivity index (χ1v) is 3.12. The molecule has 1 aromatic rings. The van der Waals surface area contributed by atoms with E-state index in [9.17, 15) is 0 Å². The average molecular weight is 130 g/mol. The van der Waals surface area contributed by atoms with Crippen molar-refractivity contribution < 1.29 is 0 Å². The molecule has 0 bridgehead atoms. The topological polar surface area (TPSA) is 26.5 Å². The Morgan fingerprint density at radius 1 is 1.10 bits per heavy atom. The first kappa shape index (κ1) is 5.35. The van der Waals surface area contributed by atoms with Crippen molar-refractivity contribution in [2.24, 2.45) is 5.10 Å². The molecular weight excluding hydrogens is 124 g/mol. The maximum absolute atomic E-state index is 3.76. The molecule has 1 heterocycles. The van der Waals surface area contributed by atoms with Gasteiger partial charge in [-0.25, -0.2) is 0 Å². The Morgan fingerprint density at radius 3 is 2.70 bits per heavy atom. The number of hydrogen-bond donors (Lipinski definition) is 0. The highest BCUT2D eigenvalue weighted by molar-refractivity contribution is 5.95. The lowest BCUT2D eigenvalue weighted by molar-refractivity contribution is 1.11. The van der Waals surface area contributed by atoms with Gasteiger partial charge < -0.3 is 0 Å². The molecule has 10 heavy (non-hydrogen) atoms. The molecule has 0 aliphatic carbocycles. The number of hydrogen-bond acceptors (Lipinski definition) is 2. The minimum atomic E-state index is 1.14. The summed E-state index contributed by atoms with van der Waals surface area (Å²) in [5, 5.41) is 7.53. The summed E-state index contributed by atoms with van der Waals surface area (Å²) >= 11 is 0. The first-order valence-electron chi connectivity index (χ1n) is 3.12. The summed E-state index contributed by atoms with van der Waals surface area (Å²) in [6.07, 6.45) is 3.52. The summed E-state index contributed by atoms with van der Waals surface area (Å²) in [6, 6.07) is 8.02. The third kappa shape index (κ3) is 0.739. The van der Waals surface area contributed by atoms with Crippen LogP contribution in [-0.4, -0.2) is 12.4 Å². The Morgan fingerprint density at radius 2 is 1.90 bits per heavy atom. The summed E-state index contributed by atoms with van der Waals surface area (Å²) in [5.41, 5.74) is 2.27. The maximum Gasteiger partial charge on any atom is 0.285 e. The highest BCUT2D eigenvalue weighted by atomic mass is 15.2. The van der Waals surface area contributed by atoms with Crippen molar-refractivity contribution in [3.05, 3.63) is 35.4 Å². The van der Waals surface area contributed by atoms with Crippen LogP contribution >= 0.6 is 0 Å². The van der Waals surface area contributed by atoms with Crippen molar-refractivity contribution in [2.75, 3.05) is 0 Å². The van der Waals surface area contributed by atoms with E-state index in [0.717, 1.165) is 11.1 Å². The zero-order valence-corrected chi connectivity index (χ0v) is 5.36. The molecule has 0 spiro atoms. The quantitative estimate of drug-likeness (QED) is 0.496. The van der Waals surface area contributed by atoms with Gasteiger partial charge in [0, 0.05) is 5.56 Å². The van der Waals surface area contributed by atoms with Crippen molar-refractivity contribution in [3.8, 4) is 0 Å². The fourth-order valence-electron chi connectivity index (χ4n) is 0.937. The summed E-state index contributed by atoms with van der Waals surface area (Å²) in [5.74, 6) is 0. The zero-order valence-electron chi connectivity index (χ0n) is 5.36. The van der Waals surface area contributed by atoms with Gasteiger partial charge in [0.25, 0.3) is 6.21 Å². The highest BCUT2D eigenvalue weighted by Crippen LogP contribution is 2.03. The molecule has 1 aliphatic rings. The van der Waals surface area contributed by atoms with Gasteiger partial charge in [-0.1, -0.05) is 18.2 Å². The van der Waals surface area contributed by atoms with Crippen molar-refractivity contribution in [1.82, 2.24) is 5.10 Å². The highest BCUT2D eigenvalue weighted by Gasteiger charge is 2.05. The predicted octanol–water partition coefficient (Wildman–Crippen LogP) is 0.789. The molecule has 1 aliphatic heterocycles. The molecule has 0 atom stereocenters. The van der Waals surface area contributed by atoms with Crippen molar-refractivity contribution in [3.63, 3.8) is 0 Å². The molecule has 2 heteroatoms. The molecule has 0 saturated carbocycles. The largest absolute Gasteiger partial charge is 0.285 e. The van der Waals surface area contributed by atoms with Crippen LogP contribution in [0.25, 0.3) is 0 Å². The third-order valence-electron chi connectivity index (χ3n) is 1.46. The molecule has 0 unspecified atom stereocenters. The molecule has 0 N–H and O–H groups in total. The number of benzene rings is 1. The van der Waals surface area contributed by atoms with Crippen molar-refractivity contribution in [1.29, 1.82) is 0 Å². The molecule has 0 aromatic heterocycles. The fourth-order valence-corrected chi connectivity index (χ4v) is 0.937. The van der Waals surface area contributed by atoms with Gasteiger partial charge in [0.15, 0.2) is 0 Å². The molecule has 1 aromatic carbocycles. The van der Waals surface area contributed by atoms with E-state index in [4.69, 9.17) is 0 Å². The average Bonchev–Trinajstić information content (AvgIpc) is 2.05. The Labute approximate surface area is 58.9 Å². The Kier molecular flexibility index (Phi) is 1.10. The zero-order chi connectivity index (χ0) is 6.81. The predicted molar refractivity (Wildman–Crippen MR) is 41.3 cm³/mol. The Hall–Kier alpha value is -1.44. The SMILES string of the molecule is C1=N[N+]=Cc2ccccc21. The van der Waals surface area contributed by atoms with Gasteiger partial charge in [0.2, 0.25) is 5.10 Å². The van der Waals surface area contributed by atoms with E-state index in [1.54, 1.807) is 12.4 Å². The first-order chi connectivity index (χ1) is 4.97. The molecule has 2 nitrogen and oxygen atoms in total. The van der Waals surface area contributed by atoms with Crippen LogP contribution < -0.4 is 5.10 Å². The second-order valence-electron chi connectivity index (χ2n) is 2.12. The Bertz CT molecular complexity index is 269. The molecule has 0 fully saturated rings. The van der Waals surface area contributed by atoms with Gasteiger partial charge in [0.05, 0.1) is 10.7 Å². The van der Waals surface area contributed by atoms with Crippen LogP contribution in [0.3, 0.4) is 0 Å².